The first-order chi connectivity index (χ1) is 7.22. The lowest BCUT2D eigenvalue weighted by molar-refractivity contribution is 0.164. The van der Waals surface area contributed by atoms with Crippen molar-refractivity contribution >= 4 is 17.2 Å². The molecule has 0 saturated heterocycles. The topological polar surface area (TPSA) is 76.4 Å². The molecule has 0 spiro atoms. The van der Waals surface area contributed by atoms with Crippen LogP contribution in [0.3, 0.4) is 0 Å². The SMILES string of the molecule is NCCC(O)c1cnc2cnc(Cl)cn12. The molecule has 0 bridgehead atoms. The highest BCUT2D eigenvalue weighted by molar-refractivity contribution is 6.29. The van der Waals surface area contributed by atoms with Crippen LogP contribution in [-0.4, -0.2) is 26.0 Å². The van der Waals surface area contributed by atoms with Crippen molar-refractivity contribution < 1.29 is 5.11 Å². The van der Waals surface area contributed by atoms with Crippen LogP contribution in [0.4, 0.5) is 0 Å². The molecule has 0 aromatic carbocycles. The summed E-state index contributed by atoms with van der Waals surface area (Å²) >= 11 is 5.76. The molecule has 1 unspecified atom stereocenters. The van der Waals surface area contributed by atoms with Gasteiger partial charge < -0.3 is 10.8 Å². The third kappa shape index (κ3) is 1.94. The van der Waals surface area contributed by atoms with Gasteiger partial charge in [-0.15, -0.1) is 0 Å². The zero-order valence-electron chi connectivity index (χ0n) is 7.97. The van der Waals surface area contributed by atoms with Crippen LogP contribution in [0, 0.1) is 0 Å². The Morgan fingerprint density at radius 1 is 1.47 bits per heavy atom. The lowest BCUT2D eigenvalue weighted by Gasteiger charge is -2.08. The molecule has 2 aromatic heterocycles. The van der Waals surface area contributed by atoms with E-state index < -0.39 is 6.10 Å². The minimum absolute atomic E-state index is 0.363. The van der Waals surface area contributed by atoms with Crippen molar-refractivity contribution in [3.63, 3.8) is 0 Å². The van der Waals surface area contributed by atoms with E-state index in [9.17, 15) is 5.11 Å². The van der Waals surface area contributed by atoms with Crippen LogP contribution >= 0.6 is 11.6 Å². The Hall–Kier alpha value is -1.17. The standard InChI is InChI=1S/C9H11ClN4O/c10-8-5-14-6(7(15)1-2-11)3-13-9(14)4-12-8/h3-5,7,15H,1-2,11H2. The summed E-state index contributed by atoms with van der Waals surface area (Å²) in [5.74, 6) is 0. The van der Waals surface area contributed by atoms with E-state index in [1.807, 2.05) is 0 Å². The van der Waals surface area contributed by atoms with Crippen molar-refractivity contribution in [1.82, 2.24) is 14.4 Å². The van der Waals surface area contributed by atoms with Gasteiger partial charge in [0.25, 0.3) is 0 Å². The Kier molecular flexibility index (Phi) is 2.86. The Labute approximate surface area is 91.5 Å². The second-order valence-corrected chi connectivity index (χ2v) is 3.60. The average Bonchev–Trinajstić information content (AvgIpc) is 2.60. The number of rotatable bonds is 3. The number of aliphatic hydroxyl groups excluding tert-OH is 1. The number of aliphatic hydroxyl groups is 1. The Balaban J connectivity index is 2.47. The van der Waals surface area contributed by atoms with Crippen molar-refractivity contribution in [3.05, 3.63) is 29.4 Å². The van der Waals surface area contributed by atoms with Gasteiger partial charge in [-0.2, -0.15) is 0 Å². The molecule has 2 heterocycles. The predicted octanol–water partition coefficient (Wildman–Crippen LogP) is 0.765. The van der Waals surface area contributed by atoms with E-state index in [0.29, 0.717) is 29.5 Å². The summed E-state index contributed by atoms with van der Waals surface area (Å²) in [5.41, 5.74) is 6.72. The lowest BCUT2D eigenvalue weighted by atomic mass is 10.2. The van der Waals surface area contributed by atoms with E-state index in [1.165, 1.54) is 0 Å². The maximum Gasteiger partial charge on any atom is 0.155 e. The molecular weight excluding hydrogens is 216 g/mol. The van der Waals surface area contributed by atoms with Crippen molar-refractivity contribution in [1.29, 1.82) is 0 Å². The lowest BCUT2D eigenvalue weighted by Crippen LogP contribution is -2.08. The molecule has 0 aliphatic rings. The van der Waals surface area contributed by atoms with E-state index in [1.54, 1.807) is 23.0 Å². The molecular formula is C9H11ClN4O. The molecule has 0 fully saturated rings. The van der Waals surface area contributed by atoms with Crippen LogP contribution in [0.15, 0.2) is 18.6 Å². The second kappa shape index (κ2) is 4.14. The molecule has 0 amide bonds. The number of fused-ring (bicyclic) bond motifs is 1. The summed E-state index contributed by atoms with van der Waals surface area (Å²) < 4.78 is 1.72. The van der Waals surface area contributed by atoms with Gasteiger partial charge in [0.15, 0.2) is 5.65 Å². The van der Waals surface area contributed by atoms with Gasteiger partial charge in [0.2, 0.25) is 0 Å². The number of hydrogen-bond acceptors (Lipinski definition) is 4. The smallest absolute Gasteiger partial charge is 0.155 e. The number of halogens is 1. The van der Waals surface area contributed by atoms with Gasteiger partial charge in [-0.25, -0.2) is 9.97 Å². The van der Waals surface area contributed by atoms with Crippen molar-refractivity contribution in [2.45, 2.75) is 12.5 Å². The maximum absolute atomic E-state index is 9.79. The zero-order chi connectivity index (χ0) is 10.8. The Bertz CT molecular complexity index is 470. The average molecular weight is 227 g/mol. The van der Waals surface area contributed by atoms with Gasteiger partial charge in [0.05, 0.1) is 24.2 Å². The number of nitrogens with two attached hydrogens (primary N) is 1. The fourth-order valence-corrected chi connectivity index (χ4v) is 1.58. The minimum atomic E-state index is -0.622. The highest BCUT2D eigenvalue weighted by Crippen LogP contribution is 2.18. The first kappa shape index (κ1) is 10.4. The number of aromatic nitrogens is 3. The zero-order valence-corrected chi connectivity index (χ0v) is 8.72. The number of hydrogen-bond donors (Lipinski definition) is 2. The van der Waals surface area contributed by atoms with Crippen LogP contribution in [0.1, 0.15) is 18.2 Å². The van der Waals surface area contributed by atoms with Gasteiger partial charge in [0, 0.05) is 6.20 Å². The second-order valence-electron chi connectivity index (χ2n) is 3.21. The van der Waals surface area contributed by atoms with Crippen molar-refractivity contribution in [2.24, 2.45) is 5.73 Å². The van der Waals surface area contributed by atoms with Crippen molar-refractivity contribution in [3.8, 4) is 0 Å². The van der Waals surface area contributed by atoms with E-state index >= 15 is 0 Å². The van der Waals surface area contributed by atoms with Crippen LogP contribution in [0.5, 0.6) is 0 Å². The molecule has 0 saturated carbocycles. The molecule has 0 aliphatic carbocycles. The fourth-order valence-electron chi connectivity index (χ4n) is 1.44. The number of imidazole rings is 1. The first-order valence-corrected chi connectivity index (χ1v) is 4.97. The van der Waals surface area contributed by atoms with Gasteiger partial charge in [-0.1, -0.05) is 11.6 Å². The summed E-state index contributed by atoms with van der Waals surface area (Å²) in [7, 11) is 0. The normalized spacial score (nSPS) is 13.3. The third-order valence-electron chi connectivity index (χ3n) is 2.17. The van der Waals surface area contributed by atoms with Gasteiger partial charge in [0.1, 0.15) is 5.15 Å². The van der Waals surface area contributed by atoms with Gasteiger partial charge in [-0.05, 0) is 13.0 Å². The van der Waals surface area contributed by atoms with E-state index in [4.69, 9.17) is 17.3 Å². The molecule has 0 radical (unpaired) electrons. The molecule has 2 rings (SSSR count). The van der Waals surface area contributed by atoms with Crippen LogP contribution in [0.2, 0.25) is 5.15 Å². The highest BCUT2D eigenvalue weighted by Gasteiger charge is 2.12. The molecule has 15 heavy (non-hydrogen) atoms. The largest absolute Gasteiger partial charge is 0.387 e. The van der Waals surface area contributed by atoms with E-state index in [2.05, 4.69) is 9.97 Å². The molecule has 6 heteroatoms. The third-order valence-corrected chi connectivity index (χ3v) is 2.37. The Morgan fingerprint density at radius 2 is 2.27 bits per heavy atom. The molecule has 2 aromatic rings. The summed E-state index contributed by atoms with van der Waals surface area (Å²) in [5, 5.41) is 10.2. The summed E-state index contributed by atoms with van der Waals surface area (Å²) in [6.45, 7) is 0.424. The highest BCUT2D eigenvalue weighted by atomic mass is 35.5. The maximum atomic E-state index is 9.79. The molecule has 5 nitrogen and oxygen atoms in total. The van der Waals surface area contributed by atoms with Gasteiger partial charge >= 0.3 is 0 Å². The van der Waals surface area contributed by atoms with Crippen LogP contribution in [0.25, 0.3) is 5.65 Å². The molecule has 3 N–H and O–H groups in total. The summed E-state index contributed by atoms with van der Waals surface area (Å²) in [6.07, 6.45) is 4.66. The van der Waals surface area contributed by atoms with Crippen molar-refractivity contribution in [2.75, 3.05) is 6.54 Å². The number of nitrogens with zero attached hydrogens (tertiary/aromatic N) is 3. The predicted molar refractivity (Wildman–Crippen MR) is 56.6 cm³/mol. The molecule has 1 atom stereocenters. The summed E-state index contributed by atoms with van der Waals surface area (Å²) in [4.78, 5) is 8.01. The summed E-state index contributed by atoms with van der Waals surface area (Å²) in [6, 6.07) is 0. The first-order valence-electron chi connectivity index (χ1n) is 4.59. The fraction of sp³-hybridized carbons (Fsp3) is 0.333. The monoisotopic (exact) mass is 226 g/mol. The van der Waals surface area contributed by atoms with E-state index in [0.717, 1.165) is 0 Å². The molecule has 80 valence electrons. The Morgan fingerprint density at radius 3 is 3.00 bits per heavy atom. The molecule has 0 aliphatic heterocycles. The van der Waals surface area contributed by atoms with Crippen LogP contribution < -0.4 is 5.73 Å². The van der Waals surface area contributed by atoms with Gasteiger partial charge in [-0.3, -0.25) is 4.40 Å². The van der Waals surface area contributed by atoms with E-state index in [-0.39, 0.29) is 0 Å². The minimum Gasteiger partial charge on any atom is -0.387 e. The quantitative estimate of drug-likeness (QED) is 0.811. The van der Waals surface area contributed by atoms with Crippen LogP contribution in [-0.2, 0) is 0 Å².